The molecule has 0 aliphatic carbocycles. The van der Waals surface area contributed by atoms with Gasteiger partial charge in [0.25, 0.3) is 0 Å². The Hall–Kier alpha value is -0.715. The standard InChI is InChI=1S/C13H16BBrO4/c1-12(2)13(3,4)19-14(18-12)10-8(15)5-6-9-11(10)17-7-16-9/h5-6H,7H2,1-4H3. The molecule has 2 heterocycles. The molecule has 1 saturated heterocycles. The lowest BCUT2D eigenvalue weighted by Gasteiger charge is -2.32. The minimum absolute atomic E-state index is 0.234. The molecule has 0 atom stereocenters. The summed E-state index contributed by atoms with van der Waals surface area (Å²) in [5.41, 5.74) is 0.104. The largest absolute Gasteiger partial charge is 0.499 e. The van der Waals surface area contributed by atoms with E-state index in [2.05, 4.69) is 15.9 Å². The molecule has 1 aromatic rings. The molecule has 0 unspecified atom stereocenters. The molecule has 19 heavy (non-hydrogen) atoms. The van der Waals surface area contributed by atoms with Gasteiger partial charge >= 0.3 is 7.12 Å². The Bertz CT molecular complexity index is 514. The van der Waals surface area contributed by atoms with Crippen LogP contribution in [0.15, 0.2) is 16.6 Å². The van der Waals surface area contributed by atoms with Gasteiger partial charge in [-0.25, -0.2) is 0 Å². The molecule has 3 rings (SSSR count). The molecule has 0 aromatic heterocycles. The number of ether oxygens (including phenoxy) is 2. The molecule has 2 aliphatic heterocycles. The first kappa shape index (κ1) is 13.3. The first-order chi connectivity index (χ1) is 8.82. The summed E-state index contributed by atoms with van der Waals surface area (Å²) in [6.45, 7) is 8.35. The van der Waals surface area contributed by atoms with E-state index < -0.39 is 7.12 Å². The van der Waals surface area contributed by atoms with Crippen LogP contribution in [-0.2, 0) is 9.31 Å². The molecule has 6 heteroatoms. The number of benzene rings is 1. The van der Waals surface area contributed by atoms with E-state index in [0.717, 1.165) is 15.7 Å². The van der Waals surface area contributed by atoms with Crippen LogP contribution < -0.4 is 14.9 Å². The van der Waals surface area contributed by atoms with Crippen LogP contribution in [0.2, 0.25) is 0 Å². The average molecular weight is 327 g/mol. The van der Waals surface area contributed by atoms with Crippen LogP contribution in [0.5, 0.6) is 11.5 Å². The fourth-order valence-electron chi connectivity index (χ4n) is 2.15. The lowest BCUT2D eigenvalue weighted by Crippen LogP contribution is -2.41. The van der Waals surface area contributed by atoms with Gasteiger partial charge in [-0.05, 0) is 39.8 Å². The summed E-state index contributed by atoms with van der Waals surface area (Å²) in [5.74, 6) is 1.43. The van der Waals surface area contributed by atoms with Crippen molar-refractivity contribution in [2.45, 2.75) is 38.9 Å². The average Bonchev–Trinajstić information content (AvgIpc) is 2.81. The first-order valence-electron chi connectivity index (χ1n) is 6.25. The van der Waals surface area contributed by atoms with Gasteiger partial charge in [-0.15, -0.1) is 0 Å². The number of hydrogen-bond donors (Lipinski definition) is 0. The molecular weight excluding hydrogens is 311 g/mol. The van der Waals surface area contributed by atoms with Gasteiger partial charge in [0.05, 0.1) is 11.2 Å². The number of hydrogen-bond acceptors (Lipinski definition) is 4. The monoisotopic (exact) mass is 326 g/mol. The van der Waals surface area contributed by atoms with Crippen molar-refractivity contribution in [2.24, 2.45) is 0 Å². The van der Waals surface area contributed by atoms with Crippen molar-refractivity contribution in [1.29, 1.82) is 0 Å². The fraction of sp³-hybridized carbons (Fsp3) is 0.538. The molecule has 0 spiro atoms. The summed E-state index contributed by atoms with van der Waals surface area (Å²) >= 11 is 3.54. The molecule has 1 aromatic carbocycles. The van der Waals surface area contributed by atoms with Crippen LogP contribution in [0.3, 0.4) is 0 Å². The third kappa shape index (κ3) is 1.97. The van der Waals surface area contributed by atoms with Crippen molar-refractivity contribution in [3.05, 3.63) is 16.6 Å². The normalized spacial score (nSPS) is 22.9. The van der Waals surface area contributed by atoms with Crippen LogP contribution in [0, 0.1) is 0 Å². The zero-order chi connectivity index (χ0) is 13.8. The summed E-state index contributed by atoms with van der Waals surface area (Å²) in [6.07, 6.45) is 0. The topological polar surface area (TPSA) is 36.9 Å². The van der Waals surface area contributed by atoms with Crippen LogP contribution in [0.25, 0.3) is 0 Å². The predicted octanol–water partition coefficient (Wildman–Crippen LogP) is 2.48. The number of fused-ring (bicyclic) bond motifs is 1. The highest BCUT2D eigenvalue weighted by molar-refractivity contribution is 9.10. The van der Waals surface area contributed by atoms with Gasteiger partial charge in [-0.1, -0.05) is 15.9 Å². The van der Waals surface area contributed by atoms with Crippen LogP contribution in [-0.4, -0.2) is 25.1 Å². The fourth-order valence-corrected chi connectivity index (χ4v) is 2.65. The Morgan fingerprint density at radius 3 is 2.32 bits per heavy atom. The Labute approximate surface area is 121 Å². The second kappa shape index (κ2) is 4.14. The quantitative estimate of drug-likeness (QED) is 0.743. The molecule has 1 fully saturated rings. The lowest BCUT2D eigenvalue weighted by atomic mass is 9.78. The highest BCUT2D eigenvalue weighted by Gasteiger charge is 2.53. The number of rotatable bonds is 1. The van der Waals surface area contributed by atoms with Crippen molar-refractivity contribution in [3.8, 4) is 11.5 Å². The van der Waals surface area contributed by atoms with E-state index in [0.29, 0.717) is 5.75 Å². The molecule has 0 amide bonds. The highest BCUT2D eigenvalue weighted by atomic mass is 79.9. The van der Waals surface area contributed by atoms with E-state index in [1.807, 2.05) is 39.8 Å². The summed E-state index contributed by atoms with van der Waals surface area (Å²) in [6, 6.07) is 3.80. The molecule has 0 radical (unpaired) electrons. The smallest absolute Gasteiger partial charge is 0.454 e. The van der Waals surface area contributed by atoms with Crippen molar-refractivity contribution in [3.63, 3.8) is 0 Å². The maximum Gasteiger partial charge on any atom is 0.499 e. The molecule has 0 saturated carbocycles. The van der Waals surface area contributed by atoms with Crippen LogP contribution in [0.4, 0.5) is 0 Å². The van der Waals surface area contributed by atoms with Gasteiger partial charge < -0.3 is 18.8 Å². The van der Waals surface area contributed by atoms with Gasteiger partial charge in [0.2, 0.25) is 6.79 Å². The van der Waals surface area contributed by atoms with E-state index in [9.17, 15) is 0 Å². The van der Waals surface area contributed by atoms with E-state index in [-0.39, 0.29) is 18.0 Å². The highest BCUT2D eigenvalue weighted by Crippen LogP contribution is 2.40. The number of halogens is 1. The predicted molar refractivity (Wildman–Crippen MR) is 76.0 cm³/mol. The lowest BCUT2D eigenvalue weighted by molar-refractivity contribution is 0.00578. The Morgan fingerprint density at radius 1 is 1.05 bits per heavy atom. The molecule has 102 valence electrons. The van der Waals surface area contributed by atoms with E-state index in [4.69, 9.17) is 18.8 Å². The SMILES string of the molecule is CC1(C)OB(c2c(Br)ccc3c2OCO3)OC1(C)C. The molecule has 2 aliphatic rings. The summed E-state index contributed by atoms with van der Waals surface area (Å²) < 4.78 is 24.0. The Kier molecular flexibility index (Phi) is 2.89. The zero-order valence-corrected chi connectivity index (χ0v) is 13.0. The van der Waals surface area contributed by atoms with E-state index >= 15 is 0 Å². The first-order valence-corrected chi connectivity index (χ1v) is 7.05. The van der Waals surface area contributed by atoms with Gasteiger partial charge in [0.1, 0.15) is 0 Å². The third-order valence-electron chi connectivity index (χ3n) is 4.01. The second-order valence-corrected chi connectivity index (χ2v) is 6.64. The Balaban J connectivity index is 2.03. The van der Waals surface area contributed by atoms with Crippen molar-refractivity contribution < 1.29 is 18.8 Å². The van der Waals surface area contributed by atoms with E-state index in [1.165, 1.54) is 0 Å². The van der Waals surface area contributed by atoms with Gasteiger partial charge in [-0.3, -0.25) is 0 Å². The molecule has 4 nitrogen and oxygen atoms in total. The Morgan fingerprint density at radius 2 is 1.68 bits per heavy atom. The van der Waals surface area contributed by atoms with E-state index in [1.54, 1.807) is 0 Å². The summed E-state index contributed by atoms with van der Waals surface area (Å²) in [5, 5.41) is 0. The van der Waals surface area contributed by atoms with Crippen LogP contribution in [0.1, 0.15) is 27.7 Å². The maximum absolute atomic E-state index is 6.07. The summed E-state index contributed by atoms with van der Waals surface area (Å²) in [4.78, 5) is 0. The minimum atomic E-state index is -0.462. The van der Waals surface area contributed by atoms with Gasteiger partial charge in [-0.2, -0.15) is 0 Å². The third-order valence-corrected chi connectivity index (χ3v) is 4.70. The zero-order valence-electron chi connectivity index (χ0n) is 11.5. The van der Waals surface area contributed by atoms with Gasteiger partial charge in [0.15, 0.2) is 11.5 Å². The minimum Gasteiger partial charge on any atom is -0.454 e. The van der Waals surface area contributed by atoms with Crippen molar-refractivity contribution >= 4 is 28.5 Å². The molecule has 0 N–H and O–H groups in total. The van der Waals surface area contributed by atoms with Crippen LogP contribution >= 0.6 is 15.9 Å². The van der Waals surface area contributed by atoms with Crippen molar-refractivity contribution in [2.75, 3.05) is 6.79 Å². The van der Waals surface area contributed by atoms with Crippen molar-refractivity contribution in [1.82, 2.24) is 0 Å². The van der Waals surface area contributed by atoms with Gasteiger partial charge in [0, 0.05) is 9.94 Å². The second-order valence-electron chi connectivity index (χ2n) is 5.78. The summed E-state index contributed by atoms with van der Waals surface area (Å²) in [7, 11) is -0.462. The molecule has 0 bridgehead atoms. The molecular formula is C13H16BBrO4. The maximum atomic E-state index is 6.07.